The summed E-state index contributed by atoms with van der Waals surface area (Å²) in [5, 5.41) is 18.1. The van der Waals surface area contributed by atoms with Gasteiger partial charge in [0, 0.05) is 29.2 Å². The van der Waals surface area contributed by atoms with Gasteiger partial charge in [-0.3, -0.25) is 10.1 Å². The number of nitrogens with zero attached hydrogens (tertiary/aromatic N) is 3. The molecule has 7 rings (SSSR count). The van der Waals surface area contributed by atoms with Crippen molar-refractivity contribution in [1.29, 1.82) is 0 Å². The van der Waals surface area contributed by atoms with Crippen LogP contribution in [0.2, 0.25) is 0 Å². The Hall–Kier alpha value is -6.20. The van der Waals surface area contributed by atoms with Crippen LogP contribution in [0.5, 0.6) is 0 Å². The van der Waals surface area contributed by atoms with Gasteiger partial charge in [-0.15, -0.1) is 11.4 Å². The molecule has 7 aromatic carbocycles. The van der Waals surface area contributed by atoms with Crippen molar-refractivity contribution < 1.29 is 4.92 Å². The summed E-state index contributed by atoms with van der Waals surface area (Å²) in [5.41, 5.74) is 9.03. The normalized spacial score (nSPS) is 10.8. The smallest absolute Gasteiger partial charge is 0.268 e. The van der Waals surface area contributed by atoms with Gasteiger partial charge in [0.15, 0.2) is 0 Å². The van der Waals surface area contributed by atoms with Gasteiger partial charge in [0.05, 0.1) is 4.92 Å². The van der Waals surface area contributed by atoms with Crippen LogP contribution in [0.3, 0.4) is 0 Å². The summed E-state index contributed by atoms with van der Waals surface area (Å²) < 4.78 is 0. The highest BCUT2D eigenvalue weighted by atomic mass is 16.6. The first kappa shape index (κ1) is 27.6. The molecule has 0 aliphatic heterocycles. The molecule has 0 bridgehead atoms. The zero-order valence-electron chi connectivity index (χ0n) is 24.3. The topological polar surface area (TPSA) is 60.5 Å². The number of nitro groups is 1. The Labute approximate surface area is 261 Å². The average Bonchev–Trinajstić information content (AvgIpc) is 3.10. The molecule has 0 saturated carbocycles. The highest BCUT2D eigenvalue weighted by Gasteiger charge is 2.14. The Morgan fingerprint density at radius 1 is 0.444 bits per heavy atom. The first-order chi connectivity index (χ1) is 22.1. The minimum Gasteiger partial charge on any atom is -0.658 e. The first-order valence-electron chi connectivity index (χ1n) is 14.7. The Balaban J connectivity index is 1.18. The molecule has 0 heterocycles. The molecule has 216 valence electrons. The Bertz CT molecular complexity index is 2090. The van der Waals surface area contributed by atoms with E-state index in [1.165, 1.54) is 34.0 Å². The summed E-state index contributed by atoms with van der Waals surface area (Å²) in [5.74, 6) is 0. The summed E-state index contributed by atoms with van der Waals surface area (Å²) in [6.07, 6.45) is 0. The zero-order chi connectivity index (χ0) is 30.6. The van der Waals surface area contributed by atoms with Crippen molar-refractivity contribution in [1.82, 2.24) is 0 Å². The second-order valence-corrected chi connectivity index (χ2v) is 10.8. The molecule has 0 unspecified atom stereocenters. The molecule has 0 aromatic heterocycles. The van der Waals surface area contributed by atoms with Gasteiger partial charge in [0.2, 0.25) is 0 Å². The fourth-order valence-corrected chi connectivity index (χ4v) is 5.55. The first-order valence-corrected chi connectivity index (χ1v) is 14.7. The molecule has 0 aliphatic rings. The fraction of sp³-hybridized carbons (Fsp3) is 0. The van der Waals surface area contributed by atoms with E-state index in [1.807, 2.05) is 30.3 Å². The van der Waals surface area contributed by atoms with Gasteiger partial charge in [-0.25, -0.2) is 0 Å². The number of anilines is 3. The van der Waals surface area contributed by atoms with Crippen LogP contribution in [0, 0.1) is 10.1 Å². The number of hydrogen-bond acceptors (Lipinski definition) is 3. The van der Waals surface area contributed by atoms with E-state index in [1.54, 1.807) is 12.1 Å². The lowest BCUT2D eigenvalue weighted by Crippen LogP contribution is -2.09. The Kier molecular flexibility index (Phi) is 7.48. The zero-order valence-corrected chi connectivity index (χ0v) is 24.3. The van der Waals surface area contributed by atoms with Crippen LogP contribution in [0.4, 0.5) is 34.1 Å². The van der Waals surface area contributed by atoms with E-state index in [-0.39, 0.29) is 5.69 Å². The Morgan fingerprint density at radius 2 is 0.978 bits per heavy atom. The number of hydrogen-bond donors (Lipinski definition) is 0. The van der Waals surface area contributed by atoms with Crippen molar-refractivity contribution in [3.63, 3.8) is 0 Å². The van der Waals surface area contributed by atoms with E-state index in [0.717, 1.165) is 33.9 Å². The summed E-state index contributed by atoms with van der Waals surface area (Å²) in [6, 6.07) is 56.9. The van der Waals surface area contributed by atoms with Crippen LogP contribution in [-0.2, 0) is 0 Å². The highest BCUT2D eigenvalue weighted by Crippen LogP contribution is 2.39. The fourth-order valence-electron chi connectivity index (χ4n) is 5.55. The molecule has 0 atom stereocenters. The lowest BCUT2D eigenvalue weighted by Gasteiger charge is -2.26. The van der Waals surface area contributed by atoms with Crippen LogP contribution in [0.25, 0.3) is 38.3 Å². The average molecular weight is 583 g/mol. The van der Waals surface area contributed by atoms with Crippen molar-refractivity contribution in [3.05, 3.63) is 185 Å². The van der Waals surface area contributed by atoms with E-state index in [4.69, 9.17) is 0 Å². The Morgan fingerprint density at radius 3 is 1.60 bits per heavy atom. The summed E-state index contributed by atoms with van der Waals surface area (Å²) >= 11 is 0. The minimum atomic E-state index is -0.410. The minimum absolute atomic E-state index is 0.0258. The van der Waals surface area contributed by atoms with Crippen LogP contribution in [-0.4, -0.2) is 4.92 Å². The van der Waals surface area contributed by atoms with Gasteiger partial charge in [-0.2, -0.15) is 0 Å². The predicted molar refractivity (Wildman–Crippen MR) is 185 cm³/mol. The van der Waals surface area contributed by atoms with Crippen LogP contribution in [0.15, 0.2) is 170 Å². The quantitative estimate of drug-likeness (QED) is 0.132. The lowest BCUT2D eigenvalue weighted by molar-refractivity contribution is -0.384. The molecule has 0 aliphatic carbocycles. The maximum atomic E-state index is 11.1. The SMILES string of the molecule is O=[N+]([O-])c1cccc([N-]c2ccc(-c3ccc(N(c4ccc(-c5ccccc5)cc4)c4ccc5ccccc5c4)cc3)cc2)c1. The molecule has 5 nitrogen and oxygen atoms in total. The van der Waals surface area contributed by atoms with Gasteiger partial charge in [0.1, 0.15) is 0 Å². The lowest BCUT2D eigenvalue weighted by atomic mass is 10.0. The third-order valence-corrected chi connectivity index (χ3v) is 7.85. The van der Waals surface area contributed by atoms with Crippen molar-refractivity contribution in [2.45, 2.75) is 0 Å². The second-order valence-electron chi connectivity index (χ2n) is 10.8. The van der Waals surface area contributed by atoms with Crippen molar-refractivity contribution >= 4 is 44.9 Å². The van der Waals surface area contributed by atoms with E-state index in [2.05, 4.69) is 125 Å². The summed E-state index contributed by atoms with van der Waals surface area (Å²) in [6.45, 7) is 0. The second kappa shape index (κ2) is 12.2. The largest absolute Gasteiger partial charge is 0.658 e. The summed E-state index contributed by atoms with van der Waals surface area (Å²) in [4.78, 5) is 13.0. The molecule has 0 N–H and O–H groups in total. The molecule has 0 spiro atoms. The van der Waals surface area contributed by atoms with Crippen LogP contribution in [0.1, 0.15) is 0 Å². The van der Waals surface area contributed by atoms with Gasteiger partial charge in [-0.05, 0) is 69.4 Å². The number of rotatable bonds is 8. The molecule has 5 heteroatoms. The van der Waals surface area contributed by atoms with Crippen molar-refractivity contribution in [2.75, 3.05) is 4.90 Å². The molecule has 0 fully saturated rings. The van der Waals surface area contributed by atoms with E-state index in [0.29, 0.717) is 5.69 Å². The van der Waals surface area contributed by atoms with Crippen molar-refractivity contribution in [2.24, 2.45) is 0 Å². The van der Waals surface area contributed by atoms with Crippen LogP contribution < -0.4 is 4.90 Å². The summed E-state index contributed by atoms with van der Waals surface area (Å²) in [7, 11) is 0. The van der Waals surface area contributed by atoms with Gasteiger partial charge in [-0.1, -0.05) is 121 Å². The molecule has 0 amide bonds. The number of fused-ring (bicyclic) bond motifs is 1. The monoisotopic (exact) mass is 582 g/mol. The molecule has 45 heavy (non-hydrogen) atoms. The maximum absolute atomic E-state index is 11.1. The number of nitro benzene ring substituents is 1. The predicted octanol–water partition coefficient (Wildman–Crippen LogP) is 11.9. The molecular weight excluding hydrogens is 554 g/mol. The van der Waals surface area contributed by atoms with Gasteiger partial charge >= 0.3 is 0 Å². The van der Waals surface area contributed by atoms with E-state index in [9.17, 15) is 10.1 Å². The number of benzene rings is 7. The third kappa shape index (κ3) is 6.01. The maximum Gasteiger partial charge on any atom is 0.268 e. The van der Waals surface area contributed by atoms with E-state index < -0.39 is 4.92 Å². The van der Waals surface area contributed by atoms with Crippen molar-refractivity contribution in [3.8, 4) is 22.3 Å². The molecular formula is C40H28N3O2-. The van der Waals surface area contributed by atoms with Crippen LogP contribution >= 0.6 is 0 Å². The molecule has 0 saturated heterocycles. The molecule has 7 aromatic rings. The third-order valence-electron chi connectivity index (χ3n) is 7.85. The number of non-ortho nitro benzene ring substituents is 1. The van der Waals surface area contributed by atoms with E-state index >= 15 is 0 Å². The highest BCUT2D eigenvalue weighted by molar-refractivity contribution is 5.89. The standard InChI is InChI=1S/C40H28N3O2/c44-43(45)40-12-6-11-36(28-40)41-35-20-13-31(14-21-35)33-17-24-38(25-18-33)42(39-26-19-30-9-4-5-10-34(30)27-39)37-22-15-32(16-23-37)29-7-2-1-3-8-29/h1-28H/q-1. The van der Waals surface area contributed by atoms with Gasteiger partial charge in [0.25, 0.3) is 5.69 Å². The molecule has 0 radical (unpaired) electrons. The van der Waals surface area contributed by atoms with Gasteiger partial charge < -0.3 is 10.2 Å².